The smallest absolute Gasteiger partial charge is 0.342 e. The number of nitrogens with zero attached hydrogens (tertiary/aromatic N) is 2. The third-order valence-electron chi connectivity index (χ3n) is 2.84. The van der Waals surface area contributed by atoms with Crippen LogP contribution in [0.2, 0.25) is 0 Å². The summed E-state index contributed by atoms with van der Waals surface area (Å²) in [6.07, 6.45) is 1.94. The number of aromatic hydroxyl groups is 1. The maximum Gasteiger partial charge on any atom is 0.342 e. The van der Waals surface area contributed by atoms with Crippen molar-refractivity contribution in [3.63, 3.8) is 0 Å². The molecule has 0 bridgehead atoms. The van der Waals surface area contributed by atoms with Gasteiger partial charge in [-0.1, -0.05) is 0 Å². The third-order valence-corrected chi connectivity index (χ3v) is 2.84. The molecule has 26 heavy (non-hydrogen) atoms. The summed E-state index contributed by atoms with van der Waals surface area (Å²) in [6.45, 7) is 5.22. The lowest BCUT2D eigenvalue weighted by Gasteiger charge is -2.22. The Hall–Kier alpha value is -3.13. The van der Waals surface area contributed by atoms with Crippen molar-refractivity contribution in [2.45, 2.75) is 39.2 Å². The van der Waals surface area contributed by atoms with Crippen LogP contribution in [0.15, 0.2) is 17.1 Å². The number of aliphatic imine (C=N–C) groups is 1. The Labute approximate surface area is 149 Å². The Bertz CT molecular complexity index is 705. The van der Waals surface area contributed by atoms with E-state index in [9.17, 15) is 24.8 Å². The molecule has 0 spiro atoms. The van der Waals surface area contributed by atoms with E-state index in [2.05, 4.69) is 9.83 Å². The van der Waals surface area contributed by atoms with Crippen molar-refractivity contribution in [3.05, 3.63) is 27.8 Å². The molecule has 10 heteroatoms. The fourth-order valence-electron chi connectivity index (χ4n) is 1.88. The summed E-state index contributed by atoms with van der Waals surface area (Å²) in [6, 6.07) is 2.58. The number of esters is 1. The lowest BCUT2D eigenvalue weighted by molar-refractivity contribution is -0.757. The molecular weight excluding hydrogens is 348 g/mol. The van der Waals surface area contributed by atoms with Gasteiger partial charge in [0.25, 0.3) is 5.09 Å². The number of phenols is 1. The summed E-state index contributed by atoms with van der Waals surface area (Å²) >= 11 is 0. The summed E-state index contributed by atoms with van der Waals surface area (Å²) in [7, 11) is 0. The molecule has 1 aromatic rings. The second-order valence-electron chi connectivity index (χ2n) is 6.16. The zero-order valence-corrected chi connectivity index (χ0v) is 14.7. The van der Waals surface area contributed by atoms with Gasteiger partial charge in [0.05, 0.1) is 13.2 Å². The number of isocyanates is 1. The SMILES string of the molecule is CC(C)(C)Oc1cc(N=C=O)c(O)c(C(=O)OCCCCO[N+](=O)[O-])c1. The Morgan fingerprint density at radius 2 is 1.96 bits per heavy atom. The number of hydrogen-bond acceptors (Lipinski definition) is 9. The minimum Gasteiger partial charge on any atom is -0.505 e. The molecule has 0 heterocycles. The van der Waals surface area contributed by atoms with Crippen LogP contribution in [0.5, 0.6) is 11.5 Å². The zero-order valence-electron chi connectivity index (χ0n) is 14.7. The molecule has 10 nitrogen and oxygen atoms in total. The maximum absolute atomic E-state index is 12.2. The number of carbonyl (C=O) groups excluding carboxylic acids is 2. The standard InChI is InChI=1S/C16H20N2O8/c1-16(2,3)26-11-8-12(14(20)13(9-11)17-10-19)15(21)24-6-4-5-7-25-18(22)23/h8-9,20H,4-7H2,1-3H3. The van der Waals surface area contributed by atoms with Gasteiger partial charge in [0, 0.05) is 6.07 Å². The van der Waals surface area contributed by atoms with Gasteiger partial charge in [-0.05, 0) is 39.7 Å². The fourth-order valence-corrected chi connectivity index (χ4v) is 1.88. The molecule has 0 saturated heterocycles. The van der Waals surface area contributed by atoms with Gasteiger partial charge >= 0.3 is 5.97 Å². The highest BCUT2D eigenvalue weighted by atomic mass is 16.9. The first kappa shape index (κ1) is 20.9. The van der Waals surface area contributed by atoms with E-state index in [0.29, 0.717) is 12.8 Å². The van der Waals surface area contributed by atoms with E-state index in [1.165, 1.54) is 18.2 Å². The van der Waals surface area contributed by atoms with Crippen molar-refractivity contribution in [1.29, 1.82) is 0 Å². The predicted molar refractivity (Wildman–Crippen MR) is 88.7 cm³/mol. The van der Waals surface area contributed by atoms with E-state index < -0.39 is 22.4 Å². The van der Waals surface area contributed by atoms with Crippen LogP contribution in [-0.2, 0) is 14.4 Å². The number of carbonyl (C=O) groups is 1. The minimum absolute atomic E-state index is 0.0318. The molecule has 0 fully saturated rings. The second-order valence-corrected chi connectivity index (χ2v) is 6.16. The molecule has 0 aliphatic carbocycles. The van der Waals surface area contributed by atoms with E-state index in [-0.39, 0.29) is 30.2 Å². The summed E-state index contributed by atoms with van der Waals surface area (Å²) in [4.78, 5) is 40.2. The third kappa shape index (κ3) is 7.18. The van der Waals surface area contributed by atoms with Gasteiger partial charge in [-0.25, -0.2) is 9.59 Å². The average molecular weight is 368 g/mol. The monoisotopic (exact) mass is 368 g/mol. The summed E-state index contributed by atoms with van der Waals surface area (Å²) in [5.41, 5.74) is -0.979. The lowest BCUT2D eigenvalue weighted by atomic mass is 10.1. The van der Waals surface area contributed by atoms with Crippen LogP contribution in [0, 0.1) is 10.1 Å². The van der Waals surface area contributed by atoms with Crippen LogP contribution < -0.4 is 4.74 Å². The number of phenolic OH excluding ortho intramolecular Hbond substituents is 1. The highest BCUT2D eigenvalue weighted by Crippen LogP contribution is 2.36. The molecule has 1 rings (SSSR count). The largest absolute Gasteiger partial charge is 0.505 e. The number of rotatable bonds is 9. The van der Waals surface area contributed by atoms with E-state index in [1.54, 1.807) is 20.8 Å². The highest BCUT2D eigenvalue weighted by molar-refractivity contribution is 5.95. The van der Waals surface area contributed by atoms with Crippen molar-refractivity contribution in [3.8, 4) is 11.5 Å². The van der Waals surface area contributed by atoms with E-state index in [0.717, 1.165) is 0 Å². The molecule has 0 radical (unpaired) electrons. The molecule has 0 unspecified atom stereocenters. The molecule has 142 valence electrons. The number of ether oxygens (including phenoxy) is 2. The van der Waals surface area contributed by atoms with Crippen molar-refractivity contribution in [1.82, 2.24) is 0 Å². The minimum atomic E-state index is -0.903. The number of benzene rings is 1. The van der Waals surface area contributed by atoms with Gasteiger partial charge in [-0.3, -0.25) is 0 Å². The van der Waals surface area contributed by atoms with Gasteiger partial charge in [-0.15, -0.1) is 10.1 Å². The summed E-state index contributed by atoms with van der Waals surface area (Å²) in [5, 5.41) is 19.2. The topological polar surface area (TPSA) is 138 Å². The van der Waals surface area contributed by atoms with Crippen molar-refractivity contribution < 1.29 is 34.1 Å². The fraction of sp³-hybridized carbons (Fsp3) is 0.500. The van der Waals surface area contributed by atoms with E-state index in [1.807, 2.05) is 0 Å². The van der Waals surface area contributed by atoms with Gasteiger partial charge < -0.3 is 19.4 Å². The summed E-state index contributed by atoms with van der Waals surface area (Å²) in [5.74, 6) is -1.16. The molecule has 0 aromatic heterocycles. The van der Waals surface area contributed by atoms with Crippen LogP contribution in [0.1, 0.15) is 44.0 Å². The number of unbranched alkanes of at least 4 members (excludes halogenated alkanes) is 1. The van der Waals surface area contributed by atoms with Crippen LogP contribution in [0.25, 0.3) is 0 Å². The predicted octanol–water partition coefficient (Wildman–Crippen LogP) is 2.68. The molecule has 0 aliphatic rings. The molecule has 0 saturated carbocycles. The van der Waals surface area contributed by atoms with Gasteiger partial charge in [0.15, 0.2) is 5.75 Å². The molecule has 0 atom stereocenters. The molecular formula is C16H20N2O8. The first-order valence-corrected chi connectivity index (χ1v) is 7.72. The average Bonchev–Trinajstić information content (AvgIpc) is 2.52. The van der Waals surface area contributed by atoms with Crippen LogP contribution in [0.3, 0.4) is 0 Å². The Morgan fingerprint density at radius 3 is 2.54 bits per heavy atom. The van der Waals surface area contributed by atoms with Crippen molar-refractivity contribution >= 4 is 17.7 Å². The Kier molecular flexibility index (Phi) is 7.54. The Morgan fingerprint density at radius 1 is 1.31 bits per heavy atom. The zero-order chi connectivity index (χ0) is 19.7. The van der Waals surface area contributed by atoms with Crippen LogP contribution in [0.4, 0.5) is 5.69 Å². The molecule has 1 N–H and O–H groups in total. The quantitative estimate of drug-likeness (QED) is 0.175. The normalized spacial score (nSPS) is 10.6. The van der Waals surface area contributed by atoms with Crippen LogP contribution in [-0.4, -0.2) is 41.1 Å². The first-order valence-electron chi connectivity index (χ1n) is 7.72. The maximum atomic E-state index is 12.2. The second kappa shape index (κ2) is 9.38. The number of hydrogen-bond donors (Lipinski definition) is 1. The van der Waals surface area contributed by atoms with Crippen molar-refractivity contribution in [2.24, 2.45) is 4.99 Å². The molecule has 1 aromatic carbocycles. The van der Waals surface area contributed by atoms with Crippen molar-refractivity contribution in [2.75, 3.05) is 13.2 Å². The molecule has 0 aliphatic heterocycles. The molecule has 0 amide bonds. The van der Waals surface area contributed by atoms with E-state index in [4.69, 9.17) is 9.47 Å². The Balaban J connectivity index is 2.83. The van der Waals surface area contributed by atoms with Crippen LogP contribution >= 0.6 is 0 Å². The van der Waals surface area contributed by atoms with E-state index >= 15 is 0 Å². The lowest BCUT2D eigenvalue weighted by Crippen LogP contribution is -2.23. The van der Waals surface area contributed by atoms with Gasteiger partial charge in [0.2, 0.25) is 6.08 Å². The van der Waals surface area contributed by atoms with Gasteiger partial charge in [-0.2, -0.15) is 4.99 Å². The summed E-state index contributed by atoms with van der Waals surface area (Å²) < 4.78 is 10.6. The highest BCUT2D eigenvalue weighted by Gasteiger charge is 2.21. The van der Waals surface area contributed by atoms with Gasteiger partial charge in [0.1, 0.15) is 22.6 Å². The first-order chi connectivity index (χ1) is 12.1.